The second kappa shape index (κ2) is 8.34. The van der Waals surface area contributed by atoms with E-state index in [1.54, 1.807) is 29.2 Å². The lowest BCUT2D eigenvalue weighted by Crippen LogP contribution is -2.24. The first kappa shape index (κ1) is 20.4. The van der Waals surface area contributed by atoms with Gasteiger partial charge in [0, 0.05) is 24.2 Å². The minimum absolute atomic E-state index is 0.0148. The van der Waals surface area contributed by atoms with Crippen molar-refractivity contribution in [1.82, 2.24) is 0 Å². The summed E-state index contributed by atoms with van der Waals surface area (Å²) in [5.41, 5.74) is 0.859. The summed E-state index contributed by atoms with van der Waals surface area (Å²) in [5.74, 6) is -1.82. The van der Waals surface area contributed by atoms with Gasteiger partial charge in [0.2, 0.25) is 5.91 Å². The quantitative estimate of drug-likeness (QED) is 0.539. The Bertz CT molecular complexity index is 924. The summed E-state index contributed by atoms with van der Waals surface area (Å²) >= 11 is 0. The molecule has 0 aromatic heterocycles. The number of Topliss-reactive ketones (excluding diaryl/α,β-unsaturated/α-hetero) is 1. The number of halogens is 3. The number of hydrogen-bond acceptors (Lipinski definition) is 5. The third kappa shape index (κ3) is 5.34. The molecule has 1 saturated heterocycles. The molecule has 9 heteroatoms. The molecule has 2 aromatic carbocycles. The first-order chi connectivity index (χ1) is 13.7. The lowest BCUT2D eigenvalue weighted by atomic mass is 10.1. The molecule has 0 radical (unpaired) electrons. The van der Waals surface area contributed by atoms with Gasteiger partial charge < -0.3 is 14.4 Å². The fraction of sp³-hybridized carbons (Fsp3) is 0.250. The van der Waals surface area contributed by atoms with Crippen LogP contribution >= 0.6 is 0 Å². The Kier molecular flexibility index (Phi) is 5.86. The third-order valence-corrected chi connectivity index (χ3v) is 4.21. The Morgan fingerprint density at radius 1 is 1.03 bits per heavy atom. The van der Waals surface area contributed by atoms with Crippen molar-refractivity contribution >= 4 is 23.3 Å². The highest BCUT2D eigenvalue weighted by Crippen LogP contribution is 2.24. The predicted octanol–water partition coefficient (Wildman–Crippen LogP) is 3.75. The number of ether oxygens (including phenoxy) is 2. The third-order valence-electron chi connectivity index (χ3n) is 4.21. The smallest absolute Gasteiger partial charge is 0.454 e. The number of rotatable bonds is 6. The molecule has 152 valence electrons. The van der Waals surface area contributed by atoms with Crippen LogP contribution in [0.4, 0.5) is 18.9 Å². The number of amides is 1. The van der Waals surface area contributed by atoms with Gasteiger partial charge in [-0.2, -0.15) is 0 Å². The van der Waals surface area contributed by atoms with Gasteiger partial charge in [-0.25, -0.2) is 4.79 Å². The number of ketones is 1. The first-order valence-electron chi connectivity index (χ1n) is 8.69. The van der Waals surface area contributed by atoms with Crippen LogP contribution < -0.4 is 9.64 Å². The van der Waals surface area contributed by atoms with Crippen LogP contribution in [0.1, 0.15) is 33.6 Å². The minimum atomic E-state index is -4.83. The summed E-state index contributed by atoms with van der Waals surface area (Å²) in [4.78, 5) is 37.7. The molecule has 1 heterocycles. The molecule has 2 aromatic rings. The maximum absolute atomic E-state index is 12.3. The van der Waals surface area contributed by atoms with Gasteiger partial charge in [0.25, 0.3) is 0 Å². The molecule has 0 aliphatic carbocycles. The Hall–Kier alpha value is -3.36. The van der Waals surface area contributed by atoms with E-state index in [0.29, 0.717) is 18.7 Å². The number of hydrogen-bond donors (Lipinski definition) is 0. The Morgan fingerprint density at radius 2 is 1.76 bits per heavy atom. The molecule has 1 fully saturated rings. The van der Waals surface area contributed by atoms with Gasteiger partial charge in [-0.3, -0.25) is 9.59 Å². The molecule has 0 saturated carbocycles. The first-order valence-corrected chi connectivity index (χ1v) is 8.69. The van der Waals surface area contributed by atoms with E-state index < -0.39 is 30.5 Å². The van der Waals surface area contributed by atoms with Crippen molar-refractivity contribution in [2.45, 2.75) is 19.2 Å². The molecule has 1 amide bonds. The van der Waals surface area contributed by atoms with Crippen LogP contribution in [0.5, 0.6) is 5.75 Å². The summed E-state index contributed by atoms with van der Waals surface area (Å²) < 4.78 is 45.1. The van der Waals surface area contributed by atoms with Crippen LogP contribution in [-0.2, 0) is 9.53 Å². The number of nitrogens with zero attached hydrogens (tertiary/aromatic N) is 1. The van der Waals surface area contributed by atoms with E-state index in [0.717, 1.165) is 30.7 Å². The number of benzene rings is 2. The van der Waals surface area contributed by atoms with Crippen molar-refractivity contribution in [3.05, 3.63) is 59.7 Å². The molecule has 1 aliphatic heterocycles. The largest absolute Gasteiger partial charge is 0.573 e. The topological polar surface area (TPSA) is 72.9 Å². The lowest BCUT2D eigenvalue weighted by Gasteiger charge is -2.16. The maximum Gasteiger partial charge on any atom is 0.573 e. The summed E-state index contributed by atoms with van der Waals surface area (Å²) in [6.07, 6.45) is -3.62. The second-order valence-electron chi connectivity index (χ2n) is 6.27. The number of anilines is 1. The lowest BCUT2D eigenvalue weighted by molar-refractivity contribution is -0.274. The summed E-state index contributed by atoms with van der Waals surface area (Å²) in [7, 11) is 0. The van der Waals surface area contributed by atoms with Gasteiger partial charge in [-0.05, 0) is 42.8 Å². The van der Waals surface area contributed by atoms with Crippen molar-refractivity contribution in [1.29, 1.82) is 0 Å². The molecule has 0 N–H and O–H groups in total. The zero-order chi connectivity index (χ0) is 21.0. The van der Waals surface area contributed by atoms with Crippen LogP contribution in [0.3, 0.4) is 0 Å². The molecule has 0 unspecified atom stereocenters. The van der Waals surface area contributed by atoms with E-state index in [1.165, 1.54) is 0 Å². The van der Waals surface area contributed by atoms with Crippen molar-refractivity contribution in [3.63, 3.8) is 0 Å². The van der Waals surface area contributed by atoms with Crippen molar-refractivity contribution in [2.75, 3.05) is 18.1 Å². The Labute approximate surface area is 163 Å². The summed E-state index contributed by atoms with van der Waals surface area (Å²) in [5, 5.41) is 0. The van der Waals surface area contributed by atoms with Gasteiger partial charge in [0.15, 0.2) is 12.4 Å². The van der Waals surface area contributed by atoms with E-state index in [2.05, 4.69) is 4.74 Å². The Morgan fingerprint density at radius 3 is 2.38 bits per heavy atom. The highest BCUT2D eigenvalue weighted by atomic mass is 19.4. The van der Waals surface area contributed by atoms with E-state index in [1.807, 2.05) is 0 Å². The zero-order valence-electron chi connectivity index (χ0n) is 15.1. The van der Waals surface area contributed by atoms with E-state index in [4.69, 9.17) is 4.74 Å². The molecular formula is C20H16F3NO5. The number of esters is 1. The molecule has 0 spiro atoms. The van der Waals surface area contributed by atoms with Crippen LogP contribution in [0, 0.1) is 0 Å². The highest BCUT2D eigenvalue weighted by molar-refractivity contribution is 6.01. The van der Waals surface area contributed by atoms with Crippen LogP contribution in [0.25, 0.3) is 0 Å². The summed E-state index contributed by atoms with van der Waals surface area (Å²) in [6, 6.07) is 10.6. The van der Waals surface area contributed by atoms with Gasteiger partial charge in [0.05, 0.1) is 5.56 Å². The van der Waals surface area contributed by atoms with Crippen LogP contribution in [-0.4, -0.2) is 37.2 Å². The minimum Gasteiger partial charge on any atom is -0.454 e. The number of alkyl halides is 3. The van der Waals surface area contributed by atoms with E-state index in [-0.39, 0.29) is 17.0 Å². The standard InChI is InChI=1S/C20H16F3NO5/c21-20(22,23)29-16-8-6-13(7-9-16)19(27)28-12-17(25)14-3-1-4-15(11-14)24-10-2-5-18(24)26/h1,3-4,6-9,11H,2,5,10,12H2. The molecule has 6 nitrogen and oxygen atoms in total. The monoisotopic (exact) mass is 407 g/mol. The van der Waals surface area contributed by atoms with Crippen molar-refractivity contribution in [3.8, 4) is 5.75 Å². The zero-order valence-corrected chi connectivity index (χ0v) is 15.1. The number of carbonyl (C=O) groups excluding carboxylic acids is 3. The van der Waals surface area contributed by atoms with Crippen molar-refractivity contribution in [2.24, 2.45) is 0 Å². The van der Waals surface area contributed by atoms with Gasteiger partial charge in [-0.15, -0.1) is 13.2 Å². The molecule has 3 rings (SSSR count). The normalized spacial score (nSPS) is 14.0. The predicted molar refractivity (Wildman–Crippen MR) is 95.8 cm³/mol. The maximum atomic E-state index is 12.3. The highest BCUT2D eigenvalue weighted by Gasteiger charge is 2.31. The fourth-order valence-corrected chi connectivity index (χ4v) is 2.86. The SMILES string of the molecule is O=C(COC(=O)c1ccc(OC(F)(F)F)cc1)c1cccc(N2CCCC2=O)c1. The molecule has 1 aliphatic rings. The number of carbonyl (C=O) groups is 3. The average molecular weight is 407 g/mol. The van der Waals surface area contributed by atoms with E-state index in [9.17, 15) is 27.6 Å². The fourth-order valence-electron chi connectivity index (χ4n) is 2.86. The van der Waals surface area contributed by atoms with Gasteiger partial charge >= 0.3 is 12.3 Å². The second-order valence-corrected chi connectivity index (χ2v) is 6.27. The molecular weight excluding hydrogens is 391 g/mol. The molecule has 29 heavy (non-hydrogen) atoms. The van der Waals surface area contributed by atoms with Crippen LogP contribution in [0.15, 0.2) is 48.5 Å². The summed E-state index contributed by atoms with van der Waals surface area (Å²) in [6.45, 7) is 0.0382. The molecule has 0 atom stereocenters. The van der Waals surface area contributed by atoms with Crippen molar-refractivity contribution < 1.29 is 37.0 Å². The van der Waals surface area contributed by atoms with Gasteiger partial charge in [0.1, 0.15) is 5.75 Å². The van der Waals surface area contributed by atoms with E-state index >= 15 is 0 Å². The van der Waals surface area contributed by atoms with Crippen LogP contribution in [0.2, 0.25) is 0 Å². The van der Waals surface area contributed by atoms with Gasteiger partial charge in [-0.1, -0.05) is 12.1 Å². The average Bonchev–Trinajstić information content (AvgIpc) is 3.11. The molecule has 0 bridgehead atoms. The Balaban J connectivity index is 1.59.